The fraction of sp³-hybridized carbons (Fsp3) is 0.169. The van der Waals surface area contributed by atoms with Crippen LogP contribution in [0, 0.1) is 5.82 Å². The number of aryl methyl sites for hydroxylation is 1. The van der Waals surface area contributed by atoms with Crippen molar-refractivity contribution in [3.63, 3.8) is 0 Å². The van der Waals surface area contributed by atoms with Crippen molar-refractivity contribution in [2.75, 3.05) is 27.6 Å². The predicted octanol–water partition coefficient (Wildman–Crippen LogP) is 15.6. The summed E-state index contributed by atoms with van der Waals surface area (Å²) in [5.41, 5.74) is 8.19. The molecule has 0 saturated carbocycles. The summed E-state index contributed by atoms with van der Waals surface area (Å²) in [6.07, 6.45) is 6.92. The lowest BCUT2D eigenvalue weighted by atomic mass is 10.0. The highest BCUT2D eigenvalue weighted by atomic mass is 35.5. The molecule has 8 aromatic carbocycles. The Labute approximate surface area is 605 Å². The van der Waals surface area contributed by atoms with Crippen LogP contribution in [0.4, 0.5) is 4.39 Å². The number of Topliss-reactive ketones (excluding diaryl/α,β-unsaturated/α-hetero) is 2. The average molecular weight is 1480 g/mol. The van der Waals surface area contributed by atoms with Crippen LogP contribution in [0.3, 0.4) is 0 Å². The highest BCUT2D eigenvalue weighted by Gasteiger charge is 2.25. The van der Waals surface area contributed by atoms with Crippen LogP contribution in [-0.4, -0.2) is 106 Å². The summed E-state index contributed by atoms with van der Waals surface area (Å²) in [6.45, 7) is 4.95. The minimum absolute atomic E-state index is 0.00153. The molecule has 0 aliphatic rings. The molecule has 0 saturated heterocycles. The van der Waals surface area contributed by atoms with E-state index in [1.807, 2.05) is 35.9 Å². The van der Waals surface area contributed by atoms with Crippen molar-refractivity contribution in [3.05, 3.63) is 265 Å². The SMILES string of the molecule is CC(=O)Cc1cn(C(=O)c2ccc(Cl)cc2)c2ccc(F)cc12.CCc1c(CCC(=O)O)c2cc(OC)ccc2n1C(=O)c1ccc(Cl)cc1.COc1ccc2c(c1)c(CC(=O)NS(C)(=O)=O)cn2C(=O)c1ccc(Cl)cc1.COc1ccc2c(c1)c(CC(C)=O)cn2C(=O)c1ccc(Cl)cc1. The maximum absolute atomic E-state index is 13.5. The number of carbonyl (C=O) groups is 8. The maximum atomic E-state index is 13.5. The molecule has 0 spiro atoms. The average Bonchev–Trinajstić information content (AvgIpc) is 1.62. The number of ether oxygens (including phenoxy) is 3. The molecule has 0 unspecified atom stereocenters. The van der Waals surface area contributed by atoms with E-state index in [4.69, 9.17) is 65.7 Å². The van der Waals surface area contributed by atoms with E-state index in [1.54, 1.807) is 169 Å². The second kappa shape index (κ2) is 33.2. The number of nitrogens with one attached hydrogen (secondary N) is 1. The largest absolute Gasteiger partial charge is 0.497 e. The summed E-state index contributed by atoms with van der Waals surface area (Å²) < 4.78 is 60.0. The number of aliphatic carboxylic acids is 1. The van der Waals surface area contributed by atoms with Crippen molar-refractivity contribution in [2.45, 2.75) is 59.3 Å². The number of hydrogen-bond acceptors (Lipinski definition) is 13. The number of methoxy groups -OCH3 is 3. The van der Waals surface area contributed by atoms with Gasteiger partial charge in [0.25, 0.3) is 23.6 Å². The molecular weight excluding hydrogens is 1410 g/mol. The monoisotopic (exact) mass is 1480 g/mol. The van der Waals surface area contributed by atoms with Gasteiger partial charge in [-0.3, -0.25) is 61.3 Å². The molecule has 0 bridgehead atoms. The molecule has 25 heteroatoms. The smallest absolute Gasteiger partial charge is 0.303 e. The van der Waals surface area contributed by atoms with Gasteiger partial charge in [0.05, 0.1) is 56.1 Å². The molecule has 0 aliphatic carbocycles. The lowest BCUT2D eigenvalue weighted by Gasteiger charge is -2.10. The van der Waals surface area contributed by atoms with E-state index in [9.17, 15) is 51.2 Å². The minimum Gasteiger partial charge on any atom is -0.497 e. The summed E-state index contributed by atoms with van der Waals surface area (Å²) in [6, 6.07) is 46.7. The van der Waals surface area contributed by atoms with Gasteiger partial charge in [0.2, 0.25) is 15.9 Å². The van der Waals surface area contributed by atoms with Crippen LogP contribution in [0.5, 0.6) is 17.2 Å². The molecule has 4 aromatic heterocycles. The van der Waals surface area contributed by atoms with Gasteiger partial charge in [0, 0.05) is 107 Å². The summed E-state index contributed by atoms with van der Waals surface area (Å²) in [7, 11) is 0.993. The van der Waals surface area contributed by atoms with Gasteiger partial charge < -0.3 is 19.3 Å². The number of fused-ring (bicyclic) bond motifs is 4. The van der Waals surface area contributed by atoms with E-state index in [2.05, 4.69) is 0 Å². The number of sulfonamides is 1. The standard InChI is InChI=1S/C21H20ClNO4.C19H17ClN2O5S.C19H16ClNO3.C18H13ClFNO2/c1-3-18-16(9-11-20(24)25)17-12-15(27-2)8-10-19(17)23(18)21(26)13-4-6-14(22)7-5-13;1-27-15-7-8-17-16(10-15)13(9-18(23)21-28(2,25)26)11-22(17)19(24)12-3-5-14(20)6-4-12;1-12(22)9-14-11-21(18-8-7-16(24-2)10-17(14)18)19(23)13-3-5-15(20)6-4-13;1-11(22)8-13-10-21(17-7-6-15(20)9-16(13)17)18(23)12-2-4-14(19)5-3-12/h4-8,10,12H,3,9,11H2,1-2H3,(H,24,25);3-8,10-11H,9H2,1-2H3,(H,21,23);3-8,10-11H,9H2,1-2H3;2-7,9-10H,8H2,1H3. The van der Waals surface area contributed by atoms with Gasteiger partial charge in [-0.15, -0.1) is 0 Å². The molecule has 12 aromatic rings. The topological polar surface area (TPSA) is 250 Å². The first-order chi connectivity index (χ1) is 48.6. The molecule has 2 N–H and O–H groups in total. The van der Waals surface area contributed by atoms with E-state index in [0.29, 0.717) is 105 Å². The van der Waals surface area contributed by atoms with Crippen LogP contribution in [0.25, 0.3) is 43.6 Å². The highest BCUT2D eigenvalue weighted by Crippen LogP contribution is 2.34. The van der Waals surface area contributed by atoms with Gasteiger partial charge in [-0.1, -0.05) is 53.3 Å². The minimum atomic E-state index is -3.68. The molecule has 12 rings (SSSR count). The number of ketones is 2. The van der Waals surface area contributed by atoms with E-state index in [-0.39, 0.29) is 60.9 Å². The molecule has 524 valence electrons. The Kier molecular flexibility index (Phi) is 24.6. The zero-order valence-electron chi connectivity index (χ0n) is 56.0. The third kappa shape index (κ3) is 18.3. The molecule has 4 heterocycles. The van der Waals surface area contributed by atoms with Gasteiger partial charge in [-0.05, 0) is 219 Å². The molecule has 0 fully saturated rings. The molecule has 1 amide bonds. The molecule has 102 heavy (non-hydrogen) atoms. The number of aromatic nitrogens is 4. The molecular formula is C77H66Cl4FN5O14S. The van der Waals surface area contributed by atoms with Crippen LogP contribution < -0.4 is 18.9 Å². The Hall–Kier alpha value is -10.7. The van der Waals surface area contributed by atoms with Gasteiger partial charge in [-0.25, -0.2) is 12.8 Å². The first-order valence-corrected chi connectivity index (χ1v) is 34.8. The zero-order valence-corrected chi connectivity index (χ0v) is 59.8. The second-order valence-corrected chi connectivity index (χ2v) is 26.9. The lowest BCUT2D eigenvalue weighted by molar-refractivity contribution is -0.137. The van der Waals surface area contributed by atoms with E-state index in [0.717, 1.165) is 44.9 Å². The number of rotatable bonds is 18. The van der Waals surface area contributed by atoms with Crippen LogP contribution in [0.1, 0.15) is 96.6 Å². The lowest BCUT2D eigenvalue weighted by Crippen LogP contribution is -2.30. The van der Waals surface area contributed by atoms with Crippen LogP contribution in [-0.2, 0) is 61.3 Å². The van der Waals surface area contributed by atoms with Crippen LogP contribution >= 0.6 is 46.4 Å². The predicted molar refractivity (Wildman–Crippen MR) is 393 cm³/mol. The number of nitrogens with zero attached hydrogens (tertiary/aromatic N) is 4. The van der Waals surface area contributed by atoms with E-state index in [1.165, 1.54) is 48.4 Å². The number of carbonyl (C=O) groups excluding carboxylic acids is 7. The zero-order chi connectivity index (χ0) is 73.9. The van der Waals surface area contributed by atoms with Crippen molar-refractivity contribution < 1.29 is 70.5 Å². The van der Waals surface area contributed by atoms with Crippen molar-refractivity contribution >= 4 is 147 Å². The van der Waals surface area contributed by atoms with Gasteiger partial charge in [0.15, 0.2) is 0 Å². The van der Waals surface area contributed by atoms with E-state index < -0.39 is 27.7 Å². The summed E-state index contributed by atoms with van der Waals surface area (Å²) in [5, 5.41) is 14.2. The van der Waals surface area contributed by atoms with Gasteiger partial charge in [-0.2, -0.15) is 0 Å². The molecule has 0 radical (unpaired) electrons. The van der Waals surface area contributed by atoms with Gasteiger partial charge >= 0.3 is 5.97 Å². The Morgan fingerprint density at radius 2 is 0.794 bits per heavy atom. The number of amides is 1. The summed E-state index contributed by atoms with van der Waals surface area (Å²) in [4.78, 5) is 97.9. The second-order valence-electron chi connectivity index (χ2n) is 23.4. The van der Waals surface area contributed by atoms with E-state index >= 15 is 0 Å². The fourth-order valence-corrected chi connectivity index (χ4v) is 12.5. The van der Waals surface area contributed by atoms with Crippen molar-refractivity contribution in [2.24, 2.45) is 0 Å². The Balaban J connectivity index is 0.000000159. The summed E-state index contributed by atoms with van der Waals surface area (Å²) >= 11 is 23.5. The molecule has 0 aliphatic heterocycles. The van der Waals surface area contributed by atoms with Crippen molar-refractivity contribution in [1.29, 1.82) is 0 Å². The number of halogens is 5. The highest BCUT2D eigenvalue weighted by molar-refractivity contribution is 7.89. The van der Waals surface area contributed by atoms with Crippen LogP contribution in [0.15, 0.2) is 188 Å². The fourth-order valence-electron chi connectivity index (χ4n) is 11.5. The van der Waals surface area contributed by atoms with Crippen molar-refractivity contribution in [1.82, 2.24) is 23.0 Å². The number of benzene rings is 8. The first kappa shape index (κ1) is 75.5. The molecule has 0 atom stereocenters. The number of hydrogen-bond donors (Lipinski definition) is 2. The number of carboxylic acid groups (broad SMARTS) is 1. The molecule has 19 nitrogen and oxygen atoms in total. The van der Waals surface area contributed by atoms with Gasteiger partial charge in [0.1, 0.15) is 34.6 Å². The third-order valence-corrected chi connectivity index (χ3v) is 17.7. The van der Waals surface area contributed by atoms with Crippen LogP contribution in [0.2, 0.25) is 20.1 Å². The Morgan fingerprint density at radius 3 is 1.14 bits per heavy atom. The third-order valence-electron chi connectivity index (χ3n) is 16.1. The maximum Gasteiger partial charge on any atom is 0.303 e. The summed E-state index contributed by atoms with van der Waals surface area (Å²) in [5.74, 6) is -0.974. The first-order valence-electron chi connectivity index (χ1n) is 31.4. The normalized spacial score (nSPS) is 11.0. The Bertz CT molecular complexity index is 5340. The van der Waals surface area contributed by atoms with Crippen molar-refractivity contribution in [3.8, 4) is 17.2 Å². The number of carboxylic acids is 1. The Morgan fingerprint density at radius 1 is 0.461 bits per heavy atom. The quantitative estimate of drug-likeness (QED) is 0.0811.